The number of rotatable bonds is 1. The van der Waals surface area contributed by atoms with Crippen molar-refractivity contribution in [3.8, 4) is 10.6 Å². The Morgan fingerprint density at radius 1 is 1.21 bits per heavy atom. The molecule has 6 heteroatoms. The van der Waals surface area contributed by atoms with Crippen molar-refractivity contribution in [3.63, 3.8) is 0 Å². The molecular weight excluding hydrogens is 208 g/mol. The monoisotopic (exact) mass is 213 g/mol. The first-order chi connectivity index (χ1) is 6.66. The maximum absolute atomic E-state index is 13.2. The van der Waals surface area contributed by atoms with E-state index in [0.717, 1.165) is 23.5 Å². The molecule has 0 saturated heterocycles. The summed E-state index contributed by atoms with van der Waals surface area (Å²) in [5, 5.41) is 7.80. The third-order valence-corrected chi connectivity index (χ3v) is 2.39. The number of nitrogen functional groups attached to an aromatic ring is 1. The lowest BCUT2D eigenvalue weighted by Gasteiger charge is -1.96. The van der Waals surface area contributed by atoms with Crippen molar-refractivity contribution in [2.45, 2.75) is 0 Å². The average Bonchev–Trinajstić information content (AvgIpc) is 2.51. The van der Waals surface area contributed by atoms with Gasteiger partial charge in [-0.3, -0.25) is 0 Å². The first kappa shape index (κ1) is 9.01. The molecule has 0 radical (unpaired) electrons. The first-order valence-corrected chi connectivity index (χ1v) is 4.53. The van der Waals surface area contributed by atoms with E-state index in [4.69, 9.17) is 5.73 Å². The van der Waals surface area contributed by atoms with Gasteiger partial charge in [0.25, 0.3) is 0 Å². The molecule has 0 amide bonds. The van der Waals surface area contributed by atoms with Crippen molar-refractivity contribution in [1.82, 2.24) is 10.2 Å². The van der Waals surface area contributed by atoms with Crippen LogP contribution in [0.1, 0.15) is 0 Å². The largest absolute Gasteiger partial charge is 0.374 e. The Kier molecular flexibility index (Phi) is 2.12. The number of aromatic nitrogens is 2. The molecule has 1 aromatic heterocycles. The molecule has 14 heavy (non-hydrogen) atoms. The average molecular weight is 213 g/mol. The fraction of sp³-hybridized carbons (Fsp3) is 0. The summed E-state index contributed by atoms with van der Waals surface area (Å²) in [6.07, 6.45) is 0. The van der Waals surface area contributed by atoms with Crippen LogP contribution in [0.15, 0.2) is 18.2 Å². The Balaban J connectivity index is 2.52. The van der Waals surface area contributed by atoms with E-state index >= 15 is 0 Å². The predicted molar refractivity (Wildman–Crippen MR) is 49.7 cm³/mol. The molecule has 2 aromatic rings. The minimum Gasteiger partial charge on any atom is -0.374 e. The summed E-state index contributed by atoms with van der Waals surface area (Å²) >= 11 is 1.05. The van der Waals surface area contributed by atoms with Gasteiger partial charge in [-0.25, -0.2) is 8.78 Å². The van der Waals surface area contributed by atoms with Crippen LogP contribution in [-0.2, 0) is 0 Å². The van der Waals surface area contributed by atoms with Gasteiger partial charge in [0.1, 0.15) is 11.6 Å². The van der Waals surface area contributed by atoms with Crippen LogP contribution in [0.4, 0.5) is 13.9 Å². The zero-order valence-corrected chi connectivity index (χ0v) is 7.68. The Labute approximate surface area is 82.2 Å². The number of anilines is 1. The summed E-state index contributed by atoms with van der Waals surface area (Å²) in [7, 11) is 0. The van der Waals surface area contributed by atoms with Crippen molar-refractivity contribution in [2.75, 3.05) is 5.73 Å². The highest BCUT2D eigenvalue weighted by molar-refractivity contribution is 7.18. The summed E-state index contributed by atoms with van der Waals surface area (Å²) in [6, 6.07) is 3.27. The van der Waals surface area contributed by atoms with Gasteiger partial charge in [0, 0.05) is 11.6 Å². The molecule has 2 rings (SSSR count). The SMILES string of the molecule is Nc1nnc(-c2ccc(F)cc2F)s1. The Bertz CT molecular complexity index is 469. The standard InChI is InChI=1S/C8H5F2N3S/c9-4-1-2-5(6(10)3-4)7-12-13-8(11)14-7/h1-3H,(H2,11,13). The molecule has 0 aliphatic carbocycles. The molecule has 0 aliphatic heterocycles. The quantitative estimate of drug-likeness (QED) is 0.788. The van der Waals surface area contributed by atoms with E-state index in [2.05, 4.69) is 10.2 Å². The lowest BCUT2D eigenvalue weighted by atomic mass is 10.2. The highest BCUT2D eigenvalue weighted by atomic mass is 32.1. The number of hydrogen-bond acceptors (Lipinski definition) is 4. The van der Waals surface area contributed by atoms with E-state index in [9.17, 15) is 8.78 Å². The van der Waals surface area contributed by atoms with Gasteiger partial charge in [-0.05, 0) is 12.1 Å². The molecule has 3 nitrogen and oxygen atoms in total. The maximum Gasteiger partial charge on any atom is 0.203 e. The minimum absolute atomic E-state index is 0.209. The first-order valence-electron chi connectivity index (χ1n) is 3.71. The van der Waals surface area contributed by atoms with E-state index in [-0.39, 0.29) is 10.7 Å². The summed E-state index contributed by atoms with van der Waals surface area (Å²) in [6.45, 7) is 0. The van der Waals surface area contributed by atoms with E-state index in [1.54, 1.807) is 0 Å². The van der Waals surface area contributed by atoms with Crippen LogP contribution in [0.3, 0.4) is 0 Å². The second-order valence-corrected chi connectivity index (χ2v) is 3.58. The molecule has 1 aromatic carbocycles. The van der Waals surface area contributed by atoms with Gasteiger partial charge in [0.2, 0.25) is 5.13 Å². The molecule has 1 heterocycles. The van der Waals surface area contributed by atoms with Gasteiger partial charge in [0.15, 0.2) is 5.01 Å². The summed E-state index contributed by atoms with van der Waals surface area (Å²) in [5.41, 5.74) is 5.55. The minimum atomic E-state index is -0.666. The van der Waals surface area contributed by atoms with Crippen LogP contribution in [0, 0.1) is 11.6 Å². The summed E-state index contributed by atoms with van der Waals surface area (Å²) in [5.74, 6) is -1.29. The van der Waals surface area contributed by atoms with Crippen LogP contribution < -0.4 is 5.73 Å². The Morgan fingerprint density at radius 3 is 2.57 bits per heavy atom. The third kappa shape index (κ3) is 1.56. The molecule has 0 spiro atoms. The lowest BCUT2D eigenvalue weighted by Crippen LogP contribution is -1.85. The zero-order valence-electron chi connectivity index (χ0n) is 6.87. The van der Waals surface area contributed by atoms with Crippen molar-refractivity contribution < 1.29 is 8.78 Å². The molecule has 2 N–H and O–H groups in total. The van der Waals surface area contributed by atoms with E-state index < -0.39 is 11.6 Å². The molecule has 72 valence electrons. The van der Waals surface area contributed by atoms with Crippen molar-refractivity contribution >= 4 is 16.5 Å². The molecule has 0 saturated carbocycles. The highest BCUT2D eigenvalue weighted by Crippen LogP contribution is 2.27. The maximum atomic E-state index is 13.2. The number of hydrogen-bond donors (Lipinski definition) is 1. The summed E-state index contributed by atoms with van der Waals surface area (Å²) in [4.78, 5) is 0. The van der Waals surface area contributed by atoms with E-state index in [1.165, 1.54) is 6.07 Å². The van der Waals surface area contributed by atoms with Crippen LogP contribution in [0.2, 0.25) is 0 Å². The zero-order chi connectivity index (χ0) is 10.1. The van der Waals surface area contributed by atoms with Gasteiger partial charge in [-0.1, -0.05) is 11.3 Å². The van der Waals surface area contributed by atoms with E-state index in [1.807, 2.05) is 0 Å². The topological polar surface area (TPSA) is 51.8 Å². The predicted octanol–water partition coefficient (Wildman–Crippen LogP) is 2.07. The number of nitrogens with zero attached hydrogens (tertiary/aromatic N) is 2. The van der Waals surface area contributed by atoms with E-state index in [0.29, 0.717) is 5.01 Å². The summed E-state index contributed by atoms with van der Waals surface area (Å²) < 4.78 is 25.8. The van der Waals surface area contributed by atoms with Crippen molar-refractivity contribution in [2.24, 2.45) is 0 Å². The van der Waals surface area contributed by atoms with Gasteiger partial charge < -0.3 is 5.73 Å². The van der Waals surface area contributed by atoms with Crippen molar-refractivity contribution in [3.05, 3.63) is 29.8 Å². The van der Waals surface area contributed by atoms with Crippen LogP contribution in [0.25, 0.3) is 10.6 Å². The molecule has 0 bridgehead atoms. The Morgan fingerprint density at radius 2 is 2.00 bits per heavy atom. The van der Waals surface area contributed by atoms with Crippen LogP contribution >= 0.6 is 11.3 Å². The molecule has 0 aliphatic rings. The van der Waals surface area contributed by atoms with Gasteiger partial charge >= 0.3 is 0 Å². The molecule has 0 unspecified atom stereocenters. The molecule has 0 fully saturated rings. The number of benzene rings is 1. The van der Waals surface area contributed by atoms with Crippen LogP contribution in [-0.4, -0.2) is 10.2 Å². The van der Waals surface area contributed by atoms with Crippen LogP contribution in [0.5, 0.6) is 0 Å². The number of nitrogens with two attached hydrogens (primary N) is 1. The van der Waals surface area contributed by atoms with Gasteiger partial charge in [-0.2, -0.15) is 0 Å². The number of halogens is 2. The van der Waals surface area contributed by atoms with Gasteiger partial charge in [0.05, 0.1) is 0 Å². The lowest BCUT2D eigenvalue weighted by molar-refractivity contribution is 0.585. The molecular formula is C8H5F2N3S. The highest BCUT2D eigenvalue weighted by Gasteiger charge is 2.10. The molecule has 0 atom stereocenters. The normalized spacial score (nSPS) is 10.4. The Hall–Kier alpha value is -1.56. The third-order valence-electron chi connectivity index (χ3n) is 1.60. The fourth-order valence-corrected chi connectivity index (χ4v) is 1.64. The van der Waals surface area contributed by atoms with Crippen molar-refractivity contribution in [1.29, 1.82) is 0 Å². The second kappa shape index (κ2) is 3.30. The second-order valence-electron chi connectivity index (χ2n) is 2.57. The smallest absolute Gasteiger partial charge is 0.203 e. The fourth-order valence-electron chi connectivity index (χ4n) is 1.01. The van der Waals surface area contributed by atoms with Gasteiger partial charge in [-0.15, -0.1) is 10.2 Å².